The molecule has 0 aromatic rings. The van der Waals surface area contributed by atoms with Crippen LogP contribution in [0.1, 0.15) is 39.5 Å². The molecule has 4 nitrogen and oxygen atoms in total. The van der Waals surface area contributed by atoms with Gasteiger partial charge in [-0.2, -0.15) is 13.2 Å². The van der Waals surface area contributed by atoms with Crippen molar-refractivity contribution in [2.24, 2.45) is 10.9 Å². The first-order valence-corrected chi connectivity index (χ1v) is 8.07. The van der Waals surface area contributed by atoms with Crippen LogP contribution in [0.5, 0.6) is 0 Å². The van der Waals surface area contributed by atoms with Gasteiger partial charge in [0, 0.05) is 26.2 Å². The van der Waals surface area contributed by atoms with Gasteiger partial charge in [0.05, 0.1) is 6.42 Å². The van der Waals surface area contributed by atoms with Crippen LogP contribution < -0.4 is 10.6 Å². The largest absolute Gasteiger partial charge is 0.390 e. The van der Waals surface area contributed by atoms with Gasteiger partial charge in [-0.1, -0.05) is 13.8 Å². The lowest BCUT2D eigenvalue weighted by Gasteiger charge is -2.29. The van der Waals surface area contributed by atoms with E-state index in [2.05, 4.69) is 34.4 Å². The molecule has 1 aliphatic heterocycles. The van der Waals surface area contributed by atoms with Crippen LogP contribution in [0.3, 0.4) is 0 Å². The molecule has 130 valence electrons. The third kappa shape index (κ3) is 7.87. The molecule has 1 heterocycles. The topological polar surface area (TPSA) is 39.7 Å². The molecule has 0 spiro atoms. The lowest BCUT2D eigenvalue weighted by molar-refractivity contribution is -0.132. The normalized spacial score (nSPS) is 18.8. The second kappa shape index (κ2) is 9.22. The van der Waals surface area contributed by atoms with Crippen molar-refractivity contribution in [2.45, 2.75) is 51.7 Å². The van der Waals surface area contributed by atoms with E-state index in [0.29, 0.717) is 24.5 Å². The van der Waals surface area contributed by atoms with Crippen molar-refractivity contribution in [3.63, 3.8) is 0 Å². The molecule has 1 fully saturated rings. The monoisotopic (exact) mass is 322 g/mol. The highest BCUT2D eigenvalue weighted by molar-refractivity contribution is 5.79. The van der Waals surface area contributed by atoms with Crippen molar-refractivity contribution < 1.29 is 13.2 Å². The van der Waals surface area contributed by atoms with Crippen LogP contribution in [0.15, 0.2) is 4.99 Å². The van der Waals surface area contributed by atoms with Crippen molar-refractivity contribution in [3.8, 4) is 0 Å². The zero-order chi connectivity index (χ0) is 16.6. The Bertz CT molecular complexity index is 336. The predicted molar refractivity (Wildman–Crippen MR) is 84.1 cm³/mol. The second-order valence-electron chi connectivity index (χ2n) is 6.27. The average Bonchev–Trinajstić information content (AvgIpc) is 2.93. The lowest BCUT2D eigenvalue weighted by atomic mass is 10.0. The molecule has 0 aromatic carbocycles. The Morgan fingerprint density at radius 2 is 1.82 bits per heavy atom. The summed E-state index contributed by atoms with van der Waals surface area (Å²) in [7, 11) is 1.58. The SMILES string of the molecule is CN=C(NCCC(F)(F)F)NCC(CC(C)C)N1CCCC1. The Labute approximate surface area is 131 Å². The number of nitrogens with zero attached hydrogens (tertiary/aromatic N) is 2. The smallest absolute Gasteiger partial charge is 0.356 e. The van der Waals surface area contributed by atoms with E-state index in [0.717, 1.165) is 19.5 Å². The van der Waals surface area contributed by atoms with Gasteiger partial charge in [-0.05, 0) is 38.3 Å². The fourth-order valence-electron chi connectivity index (χ4n) is 2.77. The van der Waals surface area contributed by atoms with E-state index in [1.165, 1.54) is 12.8 Å². The van der Waals surface area contributed by atoms with Crippen molar-refractivity contribution in [2.75, 3.05) is 33.2 Å². The molecule has 1 unspecified atom stereocenters. The summed E-state index contributed by atoms with van der Waals surface area (Å²) >= 11 is 0. The minimum Gasteiger partial charge on any atom is -0.356 e. The van der Waals surface area contributed by atoms with Crippen LogP contribution >= 0.6 is 0 Å². The molecule has 0 aromatic heterocycles. The molecule has 1 rings (SSSR count). The van der Waals surface area contributed by atoms with Crippen LogP contribution in [0.25, 0.3) is 0 Å². The van der Waals surface area contributed by atoms with Gasteiger partial charge in [0.2, 0.25) is 0 Å². The van der Waals surface area contributed by atoms with Gasteiger partial charge >= 0.3 is 6.18 Å². The zero-order valence-corrected chi connectivity index (χ0v) is 13.8. The summed E-state index contributed by atoms with van der Waals surface area (Å²) in [6.45, 7) is 7.17. The zero-order valence-electron chi connectivity index (χ0n) is 13.8. The van der Waals surface area contributed by atoms with Gasteiger partial charge < -0.3 is 10.6 Å². The molecule has 2 N–H and O–H groups in total. The highest BCUT2D eigenvalue weighted by Gasteiger charge is 2.26. The number of hydrogen-bond donors (Lipinski definition) is 2. The molecule has 0 saturated carbocycles. The molecular weight excluding hydrogens is 293 g/mol. The van der Waals surface area contributed by atoms with Crippen molar-refractivity contribution in [1.82, 2.24) is 15.5 Å². The summed E-state index contributed by atoms with van der Waals surface area (Å²) in [6.07, 6.45) is -1.45. The molecule has 0 aliphatic carbocycles. The molecule has 1 atom stereocenters. The number of aliphatic imine (C=N–C) groups is 1. The van der Waals surface area contributed by atoms with Crippen LogP contribution in [-0.2, 0) is 0 Å². The average molecular weight is 322 g/mol. The number of rotatable bonds is 7. The molecule has 1 aliphatic rings. The number of hydrogen-bond acceptors (Lipinski definition) is 2. The first-order valence-electron chi connectivity index (χ1n) is 8.07. The second-order valence-corrected chi connectivity index (χ2v) is 6.27. The lowest BCUT2D eigenvalue weighted by Crippen LogP contribution is -2.47. The van der Waals surface area contributed by atoms with E-state index in [1.807, 2.05) is 0 Å². The van der Waals surface area contributed by atoms with E-state index in [9.17, 15) is 13.2 Å². The summed E-state index contributed by atoms with van der Waals surface area (Å²) in [5.41, 5.74) is 0. The first-order chi connectivity index (χ1) is 10.3. The Morgan fingerprint density at radius 3 is 2.32 bits per heavy atom. The van der Waals surface area contributed by atoms with Crippen LogP contribution in [0.2, 0.25) is 0 Å². The Hall–Kier alpha value is -0.980. The number of alkyl halides is 3. The fourth-order valence-corrected chi connectivity index (χ4v) is 2.77. The molecule has 0 amide bonds. The van der Waals surface area contributed by atoms with Gasteiger partial charge in [0.1, 0.15) is 0 Å². The van der Waals surface area contributed by atoms with E-state index in [-0.39, 0.29) is 6.54 Å². The van der Waals surface area contributed by atoms with E-state index < -0.39 is 12.6 Å². The fraction of sp³-hybridized carbons (Fsp3) is 0.933. The third-order valence-electron chi connectivity index (χ3n) is 3.83. The molecule has 0 bridgehead atoms. The quantitative estimate of drug-likeness (QED) is 0.559. The van der Waals surface area contributed by atoms with Gasteiger partial charge in [-0.25, -0.2) is 0 Å². The highest BCUT2D eigenvalue weighted by Crippen LogP contribution is 2.18. The number of likely N-dealkylation sites (tertiary alicyclic amines) is 1. The molecule has 7 heteroatoms. The van der Waals surface area contributed by atoms with Crippen molar-refractivity contribution >= 4 is 5.96 Å². The maximum absolute atomic E-state index is 12.2. The Morgan fingerprint density at radius 1 is 1.18 bits per heavy atom. The number of guanidine groups is 1. The Balaban J connectivity index is 2.40. The first kappa shape index (κ1) is 19.1. The molecule has 22 heavy (non-hydrogen) atoms. The summed E-state index contributed by atoms with van der Waals surface area (Å²) in [5.74, 6) is 1.03. The molecular formula is C15H29F3N4. The number of halogens is 3. The van der Waals surface area contributed by atoms with Gasteiger partial charge in [0.25, 0.3) is 0 Å². The van der Waals surface area contributed by atoms with Crippen molar-refractivity contribution in [1.29, 1.82) is 0 Å². The van der Waals surface area contributed by atoms with Gasteiger partial charge in [0.15, 0.2) is 5.96 Å². The molecule has 0 radical (unpaired) electrons. The molecule has 1 saturated heterocycles. The summed E-state index contributed by atoms with van der Waals surface area (Å²) in [6, 6.07) is 0.406. The van der Waals surface area contributed by atoms with Crippen LogP contribution in [0, 0.1) is 5.92 Å². The minimum absolute atomic E-state index is 0.151. The maximum atomic E-state index is 12.2. The van der Waals surface area contributed by atoms with Crippen LogP contribution in [-0.4, -0.2) is 56.3 Å². The van der Waals surface area contributed by atoms with E-state index in [1.54, 1.807) is 7.05 Å². The Kier molecular flexibility index (Phi) is 8.00. The van der Waals surface area contributed by atoms with E-state index in [4.69, 9.17) is 0 Å². The summed E-state index contributed by atoms with van der Waals surface area (Å²) in [4.78, 5) is 6.46. The number of nitrogens with one attached hydrogen (secondary N) is 2. The maximum Gasteiger partial charge on any atom is 0.390 e. The van der Waals surface area contributed by atoms with Crippen molar-refractivity contribution in [3.05, 3.63) is 0 Å². The van der Waals surface area contributed by atoms with Gasteiger partial charge in [-0.15, -0.1) is 0 Å². The van der Waals surface area contributed by atoms with Gasteiger partial charge in [-0.3, -0.25) is 9.89 Å². The predicted octanol–water partition coefficient (Wildman–Crippen LogP) is 2.61. The van der Waals surface area contributed by atoms with E-state index >= 15 is 0 Å². The third-order valence-corrected chi connectivity index (χ3v) is 3.83. The van der Waals surface area contributed by atoms with Crippen LogP contribution in [0.4, 0.5) is 13.2 Å². The minimum atomic E-state index is -4.14. The highest BCUT2D eigenvalue weighted by atomic mass is 19.4. The standard InChI is InChI=1S/C15H29F3N4/c1-12(2)10-13(22-8-4-5-9-22)11-21-14(19-3)20-7-6-15(16,17)18/h12-13H,4-11H2,1-3H3,(H2,19,20,21). The summed E-state index contributed by atoms with van der Waals surface area (Å²) < 4.78 is 36.5. The summed E-state index contributed by atoms with van der Waals surface area (Å²) in [5, 5.41) is 5.89.